The SMILES string of the molecule is CCC(CC)(NCC1=NS(=O)(=O)c2ccccc2N1)c1ccc(Cl)cc1. The Kier molecular flexibility index (Phi) is 5.37. The predicted molar refractivity (Wildman–Crippen MR) is 106 cm³/mol. The van der Waals surface area contributed by atoms with Gasteiger partial charge in [0.15, 0.2) is 0 Å². The van der Waals surface area contributed by atoms with Gasteiger partial charge in [0.25, 0.3) is 10.0 Å². The third-order valence-corrected chi connectivity index (χ3v) is 6.50. The van der Waals surface area contributed by atoms with E-state index in [1.165, 1.54) is 0 Å². The summed E-state index contributed by atoms with van der Waals surface area (Å²) in [6.07, 6.45) is 1.70. The maximum absolute atomic E-state index is 12.4. The maximum Gasteiger partial charge on any atom is 0.286 e. The second-order valence-electron chi connectivity index (χ2n) is 6.28. The van der Waals surface area contributed by atoms with E-state index in [0.717, 1.165) is 18.4 Å². The third-order valence-electron chi connectivity index (χ3n) is 4.87. The molecule has 0 aliphatic carbocycles. The molecule has 0 unspecified atom stereocenters. The van der Waals surface area contributed by atoms with E-state index >= 15 is 0 Å². The summed E-state index contributed by atoms with van der Waals surface area (Å²) in [5.41, 5.74) is 1.39. The van der Waals surface area contributed by atoms with Crippen molar-refractivity contribution in [2.75, 3.05) is 11.9 Å². The Hall–Kier alpha value is -1.89. The minimum Gasteiger partial charge on any atom is -0.341 e. The molecule has 26 heavy (non-hydrogen) atoms. The molecule has 7 heteroatoms. The molecule has 0 saturated heterocycles. The second kappa shape index (κ2) is 7.39. The summed E-state index contributed by atoms with van der Waals surface area (Å²) in [6, 6.07) is 14.5. The zero-order valence-electron chi connectivity index (χ0n) is 14.8. The van der Waals surface area contributed by atoms with Crippen molar-refractivity contribution in [1.29, 1.82) is 0 Å². The van der Waals surface area contributed by atoms with Crippen LogP contribution in [-0.2, 0) is 15.6 Å². The minimum atomic E-state index is -3.67. The molecule has 1 aliphatic rings. The molecule has 0 radical (unpaired) electrons. The van der Waals surface area contributed by atoms with Gasteiger partial charge in [0.05, 0.1) is 12.2 Å². The lowest BCUT2D eigenvalue weighted by molar-refractivity contribution is 0.325. The van der Waals surface area contributed by atoms with E-state index in [4.69, 9.17) is 11.6 Å². The fraction of sp³-hybridized carbons (Fsp3) is 0.316. The van der Waals surface area contributed by atoms with Crippen molar-refractivity contribution in [3.63, 3.8) is 0 Å². The second-order valence-corrected chi connectivity index (χ2v) is 8.29. The van der Waals surface area contributed by atoms with Crippen LogP contribution >= 0.6 is 11.6 Å². The summed E-state index contributed by atoms with van der Waals surface area (Å²) in [4.78, 5) is 0.207. The van der Waals surface area contributed by atoms with Gasteiger partial charge in [-0.2, -0.15) is 8.42 Å². The molecule has 1 heterocycles. The number of rotatable bonds is 6. The van der Waals surface area contributed by atoms with Gasteiger partial charge in [-0.15, -0.1) is 4.40 Å². The van der Waals surface area contributed by atoms with Crippen molar-refractivity contribution < 1.29 is 8.42 Å². The molecule has 2 aromatic rings. The normalized spacial score (nSPS) is 15.7. The molecule has 0 bridgehead atoms. The highest BCUT2D eigenvalue weighted by Crippen LogP contribution is 2.30. The monoisotopic (exact) mass is 391 g/mol. The fourth-order valence-electron chi connectivity index (χ4n) is 3.28. The van der Waals surface area contributed by atoms with Gasteiger partial charge in [0, 0.05) is 10.6 Å². The molecule has 0 amide bonds. The first-order valence-corrected chi connectivity index (χ1v) is 10.4. The van der Waals surface area contributed by atoms with Crippen molar-refractivity contribution in [1.82, 2.24) is 5.32 Å². The van der Waals surface area contributed by atoms with E-state index in [0.29, 0.717) is 23.1 Å². The maximum atomic E-state index is 12.4. The largest absolute Gasteiger partial charge is 0.341 e. The van der Waals surface area contributed by atoms with Crippen LogP contribution in [0.2, 0.25) is 5.02 Å². The number of anilines is 1. The van der Waals surface area contributed by atoms with Gasteiger partial charge in [-0.25, -0.2) is 0 Å². The number of nitrogens with zero attached hydrogens (tertiary/aromatic N) is 1. The number of amidine groups is 1. The molecule has 1 aliphatic heterocycles. The summed E-state index contributed by atoms with van der Waals surface area (Å²) in [7, 11) is -3.67. The number of sulfonamides is 1. The summed E-state index contributed by atoms with van der Waals surface area (Å²) >= 11 is 6.01. The van der Waals surface area contributed by atoms with E-state index in [9.17, 15) is 8.42 Å². The first kappa shape index (κ1) is 18.9. The van der Waals surface area contributed by atoms with Crippen molar-refractivity contribution in [2.24, 2.45) is 4.40 Å². The molecule has 5 nitrogen and oxygen atoms in total. The van der Waals surface area contributed by atoms with Gasteiger partial charge >= 0.3 is 0 Å². The Labute approximate surface area is 159 Å². The van der Waals surface area contributed by atoms with Crippen LogP contribution in [0.3, 0.4) is 0 Å². The molecule has 0 spiro atoms. The average Bonchev–Trinajstić information content (AvgIpc) is 2.64. The van der Waals surface area contributed by atoms with Crippen molar-refractivity contribution in [3.8, 4) is 0 Å². The molecule has 0 fully saturated rings. The van der Waals surface area contributed by atoms with Gasteiger partial charge < -0.3 is 10.6 Å². The molecular weight excluding hydrogens is 370 g/mol. The smallest absolute Gasteiger partial charge is 0.286 e. The highest BCUT2D eigenvalue weighted by Gasteiger charge is 2.30. The molecule has 0 aromatic heterocycles. The van der Waals surface area contributed by atoms with Gasteiger partial charge in [-0.3, -0.25) is 0 Å². The van der Waals surface area contributed by atoms with Gasteiger partial charge in [0.1, 0.15) is 10.7 Å². The molecule has 3 rings (SSSR count). The number of halogens is 1. The number of hydrogen-bond acceptors (Lipinski definition) is 4. The molecular formula is C19H22ClN3O2S. The van der Waals surface area contributed by atoms with Crippen LogP contribution in [0.1, 0.15) is 32.3 Å². The fourth-order valence-corrected chi connectivity index (χ4v) is 4.55. The number of para-hydroxylation sites is 1. The predicted octanol–water partition coefficient (Wildman–Crippen LogP) is 4.16. The lowest BCUT2D eigenvalue weighted by Gasteiger charge is -2.34. The lowest BCUT2D eigenvalue weighted by atomic mass is 9.84. The van der Waals surface area contributed by atoms with E-state index in [1.54, 1.807) is 24.3 Å². The first-order chi connectivity index (χ1) is 12.4. The topological polar surface area (TPSA) is 70.6 Å². The van der Waals surface area contributed by atoms with Crippen LogP contribution in [0.15, 0.2) is 57.8 Å². The zero-order chi connectivity index (χ0) is 18.8. The van der Waals surface area contributed by atoms with Crippen LogP contribution in [0.5, 0.6) is 0 Å². The molecule has 0 saturated carbocycles. The lowest BCUT2D eigenvalue weighted by Crippen LogP contribution is -2.45. The Morgan fingerprint density at radius 3 is 2.38 bits per heavy atom. The van der Waals surface area contributed by atoms with Gasteiger partial charge in [-0.05, 0) is 42.7 Å². The van der Waals surface area contributed by atoms with Crippen LogP contribution in [0.4, 0.5) is 5.69 Å². The van der Waals surface area contributed by atoms with Crippen LogP contribution in [0, 0.1) is 0 Å². The van der Waals surface area contributed by atoms with Crippen LogP contribution in [0.25, 0.3) is 0 Å². The Balaban J connectivity index is 1.85. The van der Waals surface area contributed by atoms with Crippen LogP contribution in [-0.4, -0.2) is 20.8 Å². The van der Waals surface area contributed by atoms with Crippen molar-refractivity contribution in [3.05, 3.63) is 59.1 Å². The summed E-state index contributed by atoms with van der Waals surface area (Å²) in [5, 5.41) is 7.32. The Bertz CT molecular complexity index is 920. The highest BCUT2D eigenvalue weighted by molar-refractivity contribution is 7.90. The number of hydrogen-bond donors (Lipinski definition) is 2. The van der Waals surface area contributed by atoms with E-state index in [-0.39, 0.29) is 10.4 Å². The minimum absolute atomic E-state index is 0.207. The summed E-state index contributed by atoms with van der Waals surface area (Å²) in [6.45, 7) is 4.53. The molecule has 2 N–H and O–H groups in total. The highest BCUT2D eigenvalue weighted by atomic mass is 35.5. The van der Waals surface area contributed by atoms with E-state index in [1.807, 2.05) is 24.3 Å². The van der Waals surface area contributed by atoms with Crippen molar-refractivity contribution in [2.45, 2.75) is 37.1 Å². The average molecular weight is 392 g/mol. The first-order valence-electron chi connectivity index (χ1n) is 8.61. The Morgan fingerprint density at radius 1 is 1.08 bits per heavy atom. The summed E-state index contributed by atoms with van der Waals surface area (Å²) < 4.78 is 28.7. The summed E-state index contributed by atoms with van der Waals surface area (Å²) in [5.74, 6) is 0.393. The number of fused-ring (bicyclic) bond motifs is 1. The quantitative estimate of drug-likeness (QED) is 0.775. The van der Waals surface area contributed by atoms with E-state index < -0.39 is 10.0 Å². The zero-order valence-corrected chi connectivity index (χ0v) is 16.4. The van der Waals surface area contributed by atoms with Gasteiger partial charge in [0.2, 0.25) is 0 Å². The number of benzene rings is 2. The molecule has 138 valence electrons. The van der Waals surface area contributed by atoms with Gasteiger partial charge in [-0.1, -0.05) is 49.7 Å². The standard InChI is InChI=1S/C19H22ClN3O2S/c1-3-19(4-2,14-9-11-15(20)12-10-14)21-13-18-22-16-7-5-6-8-17(16)26(24,25)23-18/h5-12,21H,3-4,13H2,1-2H3,(H,22,23). The van der Waals surface area contributed by atoms with Crippen molar-refractivity contribution >= 4 is 33.1 Å². The van der Waals surface area contributed by atoms with Crippen LogP contribution < -0.4 is 10.6 Å². The van der Waals surface area contributed by atoms with E-state index in [2.05, 4.69) is 28.9 Å². The molecule has 2 aromatic carbocycles. The molecule has 0 atom stereocenters. The number of nitrogens with one attached hydrogen (secondary N) is 2. The Morgan fingerprint density at radius 2 is 1.73 bits per heavy atom. The third kappa shape index (κ3) is 3.63.